The molecule has 19 heavy (non-hydrogen) atoms. The van der Waals surface area contributed by atoms with E-state index in [-0.39, 0.29) is 0 Å². The van der Waals surface area contributed by atoms with Gasteiger partial charge in [-0.25, -0.2) is 8.51 Å². The number of hydrogen-bond donors (Lipinski definition) is 0. The molecule has 0 aromatic heterocycles. The maximum atomic E-state index is 12.7. The molecule has 1 unspecified atom stereocenters. The van der Waals surface area contributed by atoms with Gasteiger partial charge in [0.25, 0.3) is 0 Å². The zero-order valence-electron chi connectivity index (χ0n) is 11.4. The molecule has 0 N–H and O–H groups in total. The van der Waals surface area contributed by atoms with Crippen molar-refractivity contribution in [2.75, 3.05) is 26.3 Å². The van der Waals surface area contributed by atoms with E-state index < -0.39 is 11.0 Å². The summed E-state index contributed by atoms with van der Waals surface area (Å²) in [5, 5.41) is 0. The fourth-order valence-electron chi connectivity index (χ4n) is 1.87. The molecular formula is C15H19NO2S. The van der Waals surface area contributed by atoms with Crippen LogP contribution in [-0.2, 0) is 15.7 Å². The summed E-state index contributed by atoms with van der Waals surface area (Å²) in [6, 6.07) is 9.82. The number of allylic oxidation sites excluding steroid dienone is 1. The monoisotopic (exact) mass is 277 g/mol. The van der Waals surface area contributed by atoms with Crippen LogP contribution in [0.25, 0.3) is 4.91 Å². The van der Waals surface area contributed by atoms with Crippen molar-refractivity contribution in [1.29, 1.82) is 0 Å². The highest BCUT2D eigenvalue weighted by Crippen LogP contribution is 2.21. The lowest BCUT2D eigenvalue weighted by Gasteiger charge is -2.25. The third kappa shape index (κ3) is 3.88. The second-order valence-electron chi connectivity index (χ2n) is 4.61. The Morgan fingerprint density at radius 2 is 1.84 bits per heavy atom. The minimum absolute atomic E-state index is 0.641. The van der Waals surface area contributed by atoms with Gasteiger partial charge < -0.3 is 4.74 Å². The van der Waals surface area contributed by atoms with Crippen LogP contribution in [0.15, 0.2) is 41.6 Å². The van der Waals surface area contributed by atoms with E-state index in [9.17, 15) is 4.21 Å². The molecule has 1 aliphatic rings. The van der Waals surface area contributed by atoms with Crippen LogP contribution in [0.3, 0.4) is 0 Å². The summed E-state index contributed by atoms with van der Waals surface area (Å²) in [6.45, 7) is 6.63. The Labute approximate surface area is 117 Å². The van der Waals surface area contributed by atoms with E-state index in [4.69, 9.17) is 4.74 Å². The summed E-state index contributed by atoms with van der Waals surface area (Å²) in [5.41, 5.74) is 5.24. The van der Waals surface area contributed by atoms with E-state index in [0.29, 0.717) is 26.3 Å². The van der Waals surface area contributed by atoms with E-state index in [0.717, 1.165) is 16.0 Å². The van der Waals surface area contributed by atoms with Gasteiger partial charge in [0, 0.05) is 13.1 Å². The molecule has 1 aromatic carbocycles. The summed E-state index contributed by atoms with van der Waals surface area (Å²) in [4.78, 5) is 0.752. The van der Waals surface area contributed by atoms with Crippen molar-refractivity contribution in [3.63, 3.8) is 0 Å². The van der Waals surface area contributed by atoms with Gasteiger partial charge in [0.2, 0.25) is 0 Å². The highest BCUT2D eigenvalue weighted by atomic mass is 32.2. The molecule has 1 atom stereocenters. The SMILES string of the molecule is CC(C)=C=C(c1ccccc1)S(=O)N1CCOCC1. The van der Waals surface area contributed by atoms with Crippen molar-refractivity contribution in [2.45, 2.75) is 13.8 Å². The Morgan fingerprint density at radius 3 is 2.42 bits per heavy atom. The molecule has 1 heterocycles. The lowest BCUT2D eigenvalue weighted by atomic mass is 10.2. The minimum atomic E-state index is -1.18. The molecule has 2 rings (SSSR count). The van der Waals surface area contributed by atoms with Gasteiger partial charge in [-0.3, -0.25) is 0 Å². The zero-order chi connectivity index (χ0) is 13.7. The average molecular weight is 277 g/mol. The van der Waals surface area contributed by atoms with Gasteiger partial charge in [0.1, 0.15) is 15.9 Å². The quantitative estimate of drug-likeness (QED) is 0.795. The van der Waals surface area contributed by atoms with Crippen LogP contribution >= 0.6 is 0 Å². The van der Waals surface area contributed by atoms with Gasteiger partial charge in [-0.1, -0.05) is 30.3 Å². The fraction of sp³-hybridized carbons (Fsp3) is 0.400. The Morgan fingerprint density at radius 1 is 1.21 bits per heavy atom. The lowest BCUT2D eigenvalue weighted by molar-refractivity contribution is 0.0757. The van der Waals surface area contributed by atoms with Gasteiger partial charge in [0.15, 0.2) is 0 Å². The third-order valence-electron chi connectivity index (χ3n) is 2.78. The molecule has 3 nitrogen and oxygen atoms in total. The largest absolute Gasteiger partial charge is 0.379 e. The number of benzene rings is 1. The number of nitrogens with zero attached hydrogens (tertiary/aromatic N) is 1. The molecule has 1 aromatic rings. The standard InChI is InChI=1S/C15H19NO2S/c1-13(2)12-15(14-6-4-3-5-7-14)19(17)16-8-10-18-11-9-16/h3-7H,8-11H2,1-2H3. The number of ether oxygens (including phenoxy) is 1. The number of morpholine rings is 1. The second-order valence-corrected chi connectivity index (χ2v) is 6.03. The van der Waals surface area contributed by atoms with Gasteiger partial charge in [-0.15, -0.1) is 5.73 Å². The molecule has 0 saturated carbocycles. The van der Waals surface area contributed by atoms with Crippen LogP contribution in [-0.4, -0.2) is 34.8 Å². The van der Waals surface area contributed by atoms with Crippen molar-refractivity contribution in [2.24, 2.45) is 0 Å². The van der Waals surface area contributed by atoms with Crippen LogP contribution in [0.4, 0.5) is 0 Å². The minimum Gasteiger partial charge on any atom is -0.379 e. The van der Waals surface area contributed by atoms with E-state index >= 15 is 0 Å². The van der Waals surface area contributed by atoms with Gasteiger partial charge >= 0.3 is 0 Å². The molecule has 1 saturated heterocycles. The summed E-state index contributed by atoms with van der Waals surface area (Å²) >= 11 is 0. The Balaban J connectivity index is 2.34. The van der Waals surface area contributed by atoms with Crippen LogP contribution in [0.5, 0.6) is 0 Å². The molecule has 0 bridgehead atoms. The average Bonchev–Trinajstić information content (AvgIpc) is 2.46. The highest BCUT2D eigenvalue weighted by molar-refractivity contribution is 7.92. The van der Waals surface area contributed by atoms with Crippen LogP contribution in [0, 0.1) is 0 Å². The van der Waals surface area contributed by atoms with E-state index in [1.165, 1.54) is 0 Å². The van der Waals surface area contributed by atoms with Crippen molar-refractivity contribution >= 4 is 15.9 Å². The first-order valence-electron chi connectivity index (χ1n) is 6.42. The van der Waals surface area contributed by atoms with Gasteiger partial charge in [0.05, 0.1) is 13.2 Å². The van der Waals surface area contributed by atoms with Crippen molar-refractivity contribution in [3.05, 3.63) is 47.2 Å². The first kappa shape index (κ1) is 14.2. The van der Waals surface area contributed by atoms with E-state index in [1.54, 1.807) is 0 Å². The van der Waals surface area contributed by atoms with Crippen molar-refractivity contribution in [3.8, 4) is 0 Å². The zero-order valence-corrected chi connectivity index (χ0v) is 12.2. The third-order valence-corrected chi connectivity index (χ3v) is 4.30. The molecule has 1 aliphatic heterocycles. The second kappa shape index (κ2) is 6.83. The fourth-order valence-corrected chi connectivity index (χ4v) is 3.24. The summed E-state index contributed by atoms with van der Waals surface area (Å²) in [6.07, 6.45) is 0. The predicted octanol–water partition coefficient (Wildman–Crippen LogP) is 2.59. The highest BCUT2D eigenvalue weighted by Gasteiger charge is 2.21. The van der Waals surface area contributed by atoms with Crippen LogP contribution in [0.1, 0.15) is 19.4 Å². The summed E-state index contributed by atoms with van der Waals surface area (Å²) < 4.78 is 20.0. The molecule has 102 valence electrons. The Bertz CT molecular complexity index is 508. The molecule has 0 spiro atoms. The van der Waals surface area contributed by atoms with Gasteiger partial charge in [-0.2, -0.15) is 0 Å². The predicted molar refractivity (Wildman–Crippen MR) is 78.8 cm³/mol. The maximum absolute atomic E-state index is 12.7. The van der Waals surface area contributed by atoms with Crippen molar-refractivity contribution < 1.29 is 8.95 Å². The maximum Gasteiger partial charge on any atom is 0.136 e. The van der Waals surface area contributed by atoms with Gasteiger partial charge in [-0.05, 0) is 25.0 Å². The Hall–Kier alpha value is -1.19. The van der Waals surface area contributed by atoms with E-state index in [1.807, 2.05) is 48.5 Å². The normalized spacial score (nSPS) is 17.6. The first-order chi connectivity index (χ1) is 9.18. The number of hydrogen-bond acceptors (Lipinski definition) is 2. The Kier molecular flexibility index (Phi) is 5.11. The molecule has 0 radical (unpaired) electrons. The van der Waals surface area contributed by atoms with Crippen LogP contribution < -0.4 is 0 Å². The molecular weight excluding hydrogens is 258 g/mol. The van der Waals surface area contributed by atoms with E-state index in [2.05, 4.69) is 5.73 Å². The molecule has 0 aliphatic carbocycles. The first-order valence-corrected chi connectivity index (χ1v) is 7.53. The lowest BCUT2D eigenvalue weighted by Crippen LogP contribution is -2.37. The topological polar surface area (TPSA) is 29.5 Å². The summed E-state index contributed by atoms with van der Waals surface area (Å²) in [7, 11) is -1.18. The molecule has 4 heteroatoms. The number of rotatable bonds is 3. The van der Waals surface area contributed by atoms with Crippen LogP contribution in [0.2, 0.25) is 0 Å². The molecule has 0 amide bonds. The van der Waals surface area contributed by atoms with Crippen molar-refractivity contribution in [1.82, 2.24) is 4.31 Å². The summed E-state index contributed by atoms with van der Waals surface area (Å²) in [5.74, 6) is 0. The smallest absolute Gasteiger partial charge is 0.136 e. The molecule has 1 fully saturated rings.